The van der Waals surface area contributed by atoms with Crippen LogP contribution < -0.4 is 20.1 Å². The van der Waals surface area contributed by atoms with Gasteiger partial charge in [-0.05, 0) is 120 Å². The van der Waals surface area contributed by atoms with Crippen LogP contribution in [-0.2, 0) is 41.8 Å². The zero-order valence-electron chi connectivity index (χ0n) is 31.9. The Morgan fingerprint density at radius 2 is 1.73 bits per heavy atom. The van der Waals surface area contributed by atoms with Gasteiger partial charge in [0.25, 0.3) is 5.09 Å². The molecule has 0 aromatic heterocycles. The van der Waals surface area contributed by atoms with Crippen LogP contribution in [0.2, 0.25) is 0 Å². The van der Waals surface area contributed by atoms with Gasteiger partial charge in [0.15, 0.2) is 0 Å². The number of esters is 2. The molecule has 4 aromatic rings. The third-order valence-corrected chi connectivity index (χ3v) is 15.3. The number of hydrogen-bond acceptors (Lipinski definition) is 11. The highest BCUT2D eigenvalue weighted by atomic mass is 32.9. The number of thiol groups is 1. The minimum atomic E-state index is -2.39. The van der Waals surface area contributed by atoms with E-state index in [1.54, 1.807) is 48.7 Å². The van der Waals surface area contributed by atoms with Crippen LogP contribution >= 0.6 is 17.6 Å². The molecule has 1 N–H and O–H groups in total. The third kappa shape index (κ3) is 11.0. The molecule has 0 saturated carbocycles. The molecule has 0 radical (unpaired) electrons. The highest BCUT2D eigenvalue weighted by molar-refractivity contribution is 8.65. The van der Waals surface area contributed by atoms with Crippen molar-refractivity contribution in [1.29, 1.82) is 0 Å². The summed E-state index contributed by atoms with van der Waals surface area (Å²) >= 11 is 10.7. The van der Waals surface area contributed by atoms with Gasteiger partial charge in [-0.15, -0.1) is 22.4 Å². The van der Waals surface area contributed by atoms with Gasteiger partial charge in [0.1, 0.15) is 22.9 Å². The monoisotopic (exact) mass is 879 g/mol. The van der Waals surface area contributed by atoms with Gasteiger partial charge >= 0.3 is 11.9 Å². The van der Waals surface area contributed by atoms with Crippen molar-refractivity contribution in [1.82, 2.24) is 4.67 Å². The van der Waals surface area contributed by atoms with E-state index in [-0.39, 0.29) is 48.6 Å². The molecule has 4 aromatic carbocycles. The Kier molecular flexibility index (Phi) is 14.3. The van der Waals surface area contributed by atoms with E-state index >= 15 is 0 Å². The van der Waals surface area contributed by atoms with Crippen molar-refractivity contribution in [3.8, 4) is 11.5 Å². The Hall–Kier alpha value is -5.03. The summed E-state index contributed by atoms with van der Waals surface area (Å²) in [6.07, 6.45) is 3.11. The predicted molar refractivity (Wildman–Crippen MR) is 230 cm³/mol. The van der Waals surface area contributed by atoms with Crippen LogP contribution in [0.25, 0.3) is 17.2 Å². The molecule has 0 bridgehead atoms. The van der Waals surface area contributed by atoms with Crippen molar-refractivity contribution < 1.29 is 47.1 Å². The number of anilines is 1. The van der Waals surface area contributed by atoms with E-state index < -0.39 is 44.9 Å². The molecule has 18 heteroatoms. The number of allylic oxidation sites excluding steroid dienone is 2. The standard InChI is InChI=1S/C41H39FN3O10PS3/c1-26-34(22-27-5-13-32(14-6-27)59(2)51)33-15-7-28(42)23-36(33)35(26)25-39(46)43-29-8-16-38(55-40(47)4-3-19-53-45(49)50)37(24-29)41(48)54-30-9-11-31(12-10-30)56(57,58)44-17-20-52-21-18-44/h5-16,22-24H,3-4,17-21,25H2,1-2H3,(H,43,46)(H,57,58)/b34-22-. The van der Waals surface area contributed by atoms with Gasteiger partial charge in [-0.3, -0.25) is 18.5 Å². The maximum absolute atomic E-state index is 14.6. The number of amides is 1. The van der Waals surface area contributed by atoms with Crippen molar-refractivity contribution in [2.45, 2.75) is 31.1 Å². The molecule has 1 aliphatic carbocycles. The summed E-state index contributed by atoms with van der Waals surface area (Å²) in [6, 6.07) is 22.4. The predicted octanol–water partition coefficient (Wildman–Crippen LogP) is 7.23. The molecule has 1 heterocycles. The van der Waals surface area contributed by atoms with Gasteiger partial charge in [0.05, 0.1) is 31.6 Å². The van der Waals surface area contributed by atoms with Gasteiger partial charge < -0.3 is 24.4 Å². The number of hydrogen-bond donors (Lipinski definition) is 2. The number of ether oxygens (including phenoxy) is 3. The molecule has 1 aliphatic heterocycles. The Morgan fingerprint density at radius 1 is 1.02 bits per heavy atom. The number of nitrogens with one attached hydrogen (secondary N) is 1. The van der Waals surface area contributed by atoms with E-state index in [1.807, 2.05) is 25.1 Å². The first-order valence-electron chi connectivity index (χ1n) is 18.3. The fourth-order valence-corrected chi connectivity index (χ4v) is 10.4. The Bertz CT molecular complexity index is 2420. The molecule has 308 valence electrons. The number of benzene rings is 4. The lowest BCUT2D eigenvalue weighted by molar-refractivity contribution is -0.757. The number of carbonyl (C=O) groups is 3. The van der Waals surface area contributed by atoms with Crippen molar-refractivity contribution in [3.05, 3.63) is 129 Å². The van der Waals surface area contributed by atoms with E-state index in [0.29, 0.717) is 42.3 Å². The summed E-state index contributed by atoms with van der Waals surface area (Å²) in [7, 11) is -1.14. The van der Waals surface area contributed by atoms with E-state index in [9.17, 15) is 33.1 Å². The molecule has 1 saturated heterocycles. The molecule has 0 spiro atoms. The van der Waals surface area contributed by atoms with Crippen molar-refractivity contribution in [2.24, 2.45) is 0 Å². The van der Waals surface area contributed by atoms with Gasteiger partial charge in [0.2, 0.25) is 5.91 Å². The lowest BCUT2D eigenvalue weighted by Crippen LogP contribution is -2.35. The molecule has 1 amide bonds. The first-order valence-corrected chi connectivity index (χ1v) is 23.7. The van der Waals surface area contributed by atoms with Gasteiger partial charge in [-0.1, -0.05) is 30.0 Å². The maximum atomic E-state index is 14.6. The van der Waals surface area contributed by atoms with E-state index in [2.05, 4.69) is 14.8 Å². The second-order valence-corrected chi connectivity index (χ2v) is 21.1. The van der Waals surface area contributed by atoms with Crippen molar-refractivity contribution >= 4 is 86.3 Å². The highest BCUT2D eigenvalue weighted by Gasteiger charge is 2.28. The fourth-order valence-electron chi connectivity index (χ4n) is 6.51. The molecular formula is C41H39FN3O10PS3. The van der Waals surface area contributed by atoms with E-state index in [4.69, 9.17) is 38.3 Å². The summed E-state index contributed by atoms with van der Waals surface area (Å²) in [4.78, 5) is 55.5. The maximum Gasteiger partial charge on any atom is 0.347 e. The minimum Gasteiger partial charge on any atom is -0.426 e. The summed E-state index contributed by atoms with van der Waals surface area (Å²) in [6.45, 7) is 3.93. The van der Waals surface area contributed by atoms with Crippen LogP contribution in [0, 0.1) is 15.9 Å². The smallest absolute Gasteiger partial charge is 0.347 e. The minimum absolute atomic E-state index is 0.0187. The SMILES string of the molecule is CC1=C(CC(=O)Nc2ccc(OC(=O)CCCO[N+](=O)[O-])c(C(=O)Oc3ccc(P(=S)(S)N4CCOCC4)cc3)c2)c2cc(F)ccc2/C1=C\c1ccc(S(C)=O)cc1. The second-order valence-electron chi connectivity index (χ2n) is 13.4. The number of morpholine rings is 1. The number of nitrogens with zero attached hydrogens (tertiary/aromatic N) is 2. The van der Waals surface area contributed by atoms with E-state index in [0.717, 1.165) is 27.6 Å². The first kappa shape index (κ1) is 43.5. The molecule has 6 rings (SSSR count). The zero-order valence-corrected chi connectivity index (χ0v) is 35.3. The van der Waals surface area contributed by atoms with Crippen LogP contribution in [-0.4, -0.2) is 71.0 Å². The van der Waals surface area contributed by atoms with Crippen LogP contribution in [0.3, 0.4) is 0 Å². The normalized spacial score (nSPS) is 16.2. The largest absolute Gasteiger partial charge is 0.426 e. The average Bonchev–Trinajstić information content (AvgIpc) is 3.45. The summed E-state index contributed by atoms with van der Waals surface area (Å²) < 4.78 is 45.2. The Balaban J connectivity index is 1.23. The lowest BCUT2D eigenvalue weighted by Gasteiger charge is -2.34. The fraction of sp³-hybridized carbons (Fsp3) is 0.244. The molecule has 2 aliphatic rings. The third-order valence-electron chi connectivity index (χ3n) is 9.50. The summed E-state index contributed by atoms with van der Waals surface area (Å²) in [5, 5.41) is 10.7. The van der Waals surface area contributed by atoms with Gasteiger partial charge in [-0.25, -0.2) is 9.18 Å². The molecule has 13 nitrogen and oxygen atoms in total. The number of fused-ring (bicyclic) bond motifs is 1. The summed E-state index contributed by atoms with van der Waals surface area (Å²) in [5.41, 5.74) is 4.31. The van der Waals surface area contributed by atoms with Crippen LogP contribution in [0.15, 0.2) is 95.4 Å². The van der Waals surface area contributed by atoms with Crippen molar-refractivity contribution in [3.63, 3.8) is 0 Å². The van der Waals surface area contributed by atoms with Crippen molar-refractivity contribution in [2.75, 3.05) is 44.5 Å². The molecule has 1 fully saturated rings. The zero-order chi connectivity index (χ0) is 42.3. The second kappa shape index (κ2) is 19.4. The van der Waals surface area contributed by atoms with E-state index in [1.165, 1.54) is 30.3 Å². The van der Waals surface area contributed by atoms with Gasteiger partial charge in [0, 0.05) is 52.5 Å². The molecule has 2 atom stereocenters. The number of carbonyl (C=O) groups excluding carboxylic acids is 3. The average molecular weight is 880 g/mol. The van der Waals surface area contributed by atoms with Crippen LogP contribution in [0.4, 0.5) is 10.1 Å². The topological polar surface area (TPSA) is 164 Å². The lowest BCUT2D eigenvalue weighted by atomic mass is 10.0. The molecule has 59 heavy (non-hydrogen) atoms. The van der Waals surface area contributed by atoms with Crippen LogP contribution in [0.5, 0.6) is 11.5 Å². The van der Waals surface area contributed by atoms with Crippen LogP contribution in [0.1, 0.15) is 53.2 Å². The quantitative estimate of drug-likeness (QED) is 0.0235. The first-order chi connectivity index (χ1) is 28.2. The Morgan fingerprint density at radius 3 is 2.41 bits per heavy atom. The highest BCUT2D eigenvalue weighted by Crippen LogP contribution is 2.53. The van der Waals surface area contributed by atoms with Gasteiger partial charge in [-0.2, -0.15) is 0 Å². The molecule has 2 unspecified atom stereocenters. The molecular weight excluding hydrogens is 841 g/mol. The Labute approximate surface area is 352 Å². The number of rotatable bonds is 15. The summed E-state index contributed by atoms with van der Waals surface area (Å²) in [5.74, 6) is -2.63. The number of halogens is 1.